The molecule has 27 heavy (non-hydrogen) atoms. The van der Waals surface area contributed by atoms with Crippen LogP contribution in [0.2, 0.25) is 5.02 Å². The maximum absolute atomic E-state index is 12.2. The second kappa shape index (κ2) is 8.34. The fraction of sp³-hybridized carbons (Fsp3) is 0. The molecule has 0 saturated carbocycles. The summed E-state index contributed by atoms with van der Waals surface area (Å²) in [5.41, 5.74) is 3.59. The van der Waals surface area contributed by atoms with Gasteiger partial charge in [0.2, 0.25) is 5.91 Å². The van der Waals surface area contributed by atoms with Gasteiger partial charge in [0.05, 0.1) is 5.56 Å². The quantitative estimate of drug-likeness (QED) is 0.588. The first-order chi connectivity index (χ1) is 13.0. The molecule has 134 valence electrons. The predicted molar refractivity (Wildman–Crippen MR) is 108 cm³/mol. The summed E-state index contributed by atoms with van der Waals surface area (Å²) in [7, 11) is 0. The summed E-state index contributed by atoms with van der Waals surface area (Å²) < 4.78 is 0. The Hall–Kier alpha value is -3.37. The van der Waals surface area contributed by atoms with Crippen molar-refractivity contribution in [2.45, 2.75) is 0 Å². The van der Waals surface area contributed by atoms with Crippen molar-refractivity contribution in [2.75, 3.05) is 5.32 Å². The lowest BCUT2D eigenvalue weighted by Crippen LogP contribution is -2.08. The zero-order chi connectivity index (χ0) is 19.2. The molecule has 4 nitrogen and oxygen atoms in total. The molecule has 0 spiro atoms. The van der Waals surface area contributed by atoms with Crippen LogP contribution in [0.1, 0.15) is 15.9 Å². The Morgan fingerprint density at radius 3 is 2.22 bits per heavy atom. The number of carbonyl (C=O) groups is 2. The van der Waals surface area contributed by atoms with E-state index in [0.717, 1.165) is 16.7 Å². The number of carboxylic acids is 1. The number of carboxylic acid groups (broad SMARTS) is 1. The smallest absolute Gasteiger partial charge is 0.335 e. The number of carbonyl (C=O) groups excluding carboxylic acids is 1. The van der Waals surface area contributed by atoms with Gasteiger partial charge in [0.1, 0.15) is 0 Å². The summed E-state index contributed by atoms with van der Waals surface area (Å²) in [6, 6.07) is 21.2. The van der Waals surface area contributed by atoms with Gasteiger partial charge in [0.25, 0.3) is 0 Å². The summed E-state index contributed by atoms with van der Waals surface area (Å²) in [5.74, 6) is -1.31. The van der Waals surface area contributed by atoms with Crippen LogP contribution in [-0.2, 0) is 4.79 Å². The lowest BCUT2D eigenvalue weighted by atomic mass is 9.99. The van der Waals surface area contributed by atoms with Crippen molar-refractivity contribution in [1.29, 1.82) is 0 Å². The van der Waals surface area contributed by atoms with Gasteiger partial charge in [0.15, 0.2) is 0 Å². The third-order valence-electron chi connectivity index (χ3n) is 3.93. The molecule has 0 aliphatic heterocycles. The minimum absolute atomic E-state index is 0.167. The molecule has 2 N–H and O–H groups in total. The first-order valence-corrected chi connectivity index (χ1v) is 8.58. The van der Waals surface area contributed by atoms with E-state index in [4.69, 9.17) is 16.7 Å². The summed E-state index contributed by atoms with van der Waals surface area (Å²) in [5, 5.41) is 12.3. The maximum atomic E-state index is 12.2. The Kier molecular flexibility index (Phi) is 5.69. The molecule has 0 heterocycles. The summed E-state index contributed by atoms with van der Waals surface area (Å²) >= 11 is 5.95. The summed E-state index contributed by atoms with van der Waals surface area (Å²) in [6.45, 7) is 0. The van der Waals surface area contributed by atoms with E-state index in [1.165, 1.54) is 18.2 Å². The maximum Gasteiger partial charge on any atom is 0.335 e. The number of rotatable bonds is 5. The van der Waals surface area contributed by atoms with Crippen LogP contribution in [0.15, 0.2) is 78.9 Å². The van der Waals surface area contributed by atoms with Gasteiger partial charge in [-0.3, -0.25) is 4.79 Å². The zero-order valence-corrected chi connectivity index (χ0v) is 15.0. The largest absolute Gasteiger partial charge is 0.478 e. The van der Waals surface area contributed by atoms with Gasteiger partial charge in [-0.1, -0.05) is 48.0 Å². The van der Waals surface area contributed by atoms with Crippen LogP contribution in [0.25, 0.3) is 17.2 Å². The highest BCUT2D eigenvalue weighted by atomic mass is 35.5. The van der Waals surface area contributed by atoms with Gasteiger partial charge in [-0.05, 0) is 59.2 Å². The SMILES string of the molecule is O=C(C=Cc1ccccc1-c1ccc(Cl)cc1)Nc1ccc(C(=O)O)cc1. The normalized spacial score (nSPS) is 10.7. The number of halogens is 1. The van der Waals surface area contributed by atoms with Crippen molar-refractivity contribution < 1.29 is 14.7 Å². The molecule has 0 aromatic heterocycles. The molecule has 3 aromatic rings. The molecule has 0 unspecified atom stereocenters. The Bertz CT molecular complexity index is 993. The molecule has 0 fully saturated rings. The number of amides is 1. The standard InChI is InChI=1S/C22H16ClNO3/c23-18-10-5-16(6-11-18)20-4-2-1-3-15(20)9-14-21(25)24-19-12-7-17(8-13-19)22(26)27/h1-14H,(H,24,25)(H,26,27). The number of nitrogens with one attached hydrogen (secondary N) is 1. The lowest BCUT2D eigenvalue weighted by Gasteiger charge is -2.07. The first kappa shape index (κ1) is 18.4. The zero-order valence-electron chi connectivity index (χ0n) is 14.2. The molecule has 3 rings (SSSR count). The Morgan fingerprint density at radius 2 is 1.56 bits per heavy atom. The van der Waals surface area contributed by atoms with Crippen molar-refractivity contribution >= 4 is 35.2 Å². The van der Waals surface area contributed by atoms with E-state index in [2.05, 4.69) is 5.32 Å². The number of anilines is 1. The van der Waals surface area contributed by atoms with Crippen LogP contribution in [-0.4, -0.2) is 17.0 Å². The van der Waals surface area contributed by atoms with E-state index >= 15 is 0 Å². The van der Waals surface area contributed by atoms with Gasteiger partial charge in [-0.2, -0.15) is 0 Å². The van der Waals surface area contributed by atoms with E-state index in [0.29, 0.717) is 10.7 Å². The predicted octanol–water partition coefficient (Wildman–Crippen LogP) is 5.36. The van der Waals surface area contributed by atoms with Crippen molar-refractivity contribution in [1.82, 2.24) is 0 Å². The minimum Gasteiger partial charge on any atom is -0.478 e. The minimum atomic E-state index is -1.01. The van der Waals surface area contributed by atoms with E-state index in [-0.39, 0.29) is 11.5 Å². The molecule has 0 aliphatic carbocycles. The van der Waals surface area contributed by atoms with Crippen molar-refractivity contribution in [2.24, 2.45) is 0 Å². The van der Waals surface area contributed by atoms with Gasteiger partial charge < -0.3 is 10.4 Å². The van der Waals surface area contributed by atoms with Crippen LogP contribution >= 0.6 is 11.6 Å². The Morgan fingerprint density at radius 1 is 0.889 bits per heavy atom. The fourth-order valence-electron chi connectivity index (χ4n) is 2.58. The van der Waals surface area contributed by atoms with Gasteiger partial charge >= 0.3 is 5.97 Å². The van der Waals surface area contributed by atoms with E-state index < -0.39 is 5.97 Å². The topological polar surface area (TPSA) is 66.4 Å². The molecule has 0 aliphatic rings. The average Bonchev–Trinajstić information content (AvgIpc) is 2.68. The first-order valence-electron chi connectivity index (χ1n) is 8.20. The van der Waals surface area contributed by atoms with Crippen molar-refractivity contribution in [3.05, 3.63) is 95.0 Å². The molecule has 0 atom stereocenters. The van der Waals surface area contributed by atoms with Crippen LogP contribution in [0.4, 0.5) is 5.69 Å². The second-order valence-electron chi connectivity index (χ2n) is 5.80. The van der Waals surface area contributed by atoms with Crippen LogP contribution in [0, 0.1) is 0 Å². The third-order valence-corrected chi connectivity index (χ3v) is 4.18. The summed E-state index contributed by atoms with van der Waals surface area (Å²) in [6.07, 6.45) is 3.19. The lowest BCUT2D eigenvalue weighted by molar-refractivity contribution is -0.111. The van der Waals surface area contributed by atoms with Crippen LogP contribution in [0.3, 0.4) is 0 Å². The molecular formula is C22H16ClNO3. The highest BCUT2D eigenvalue weighted by molar-refractivity contribution is 6.30. The molecule has 1 amide bonds. The number of benzene rings is 3. The number of hydrogen-bond donors (Lipinski definition) is 2. The Balaban J connectivity index is 1.75. The van der Waals surface area contributed by atoms with Gasteiger partial charge in [-0.15, -0.1) is 0 Å². The molecule has 0 saturated heterocycles. The number of hydrogen-bond acceptors (Lipinski definition) is 2. The second-order valence-corrected chi connectivity index (χ2v) is 6.24. The van der Waals surface area contributed by atoms with Crippen LogP contribution < -0.4 is 5.32 Å². The Labute approximate surface area is 161 Å². The number of aromatic carboxylic acids is 1. The molecule has 5 heteroatoms. The van der Waals surface area contributed by atoms with E-state index in [9.17, 15) is 9.59 Å². The van der Waals surface area contributed by atoms with Gasteiger partial charge in [-0.25, -0.2) is 4.79 Å². The van der Waals surface area contributed by atoms with Crippen LogP contribution in [0.5, 0.6) is 0 Å². The monoisotopic (exact) mass is 377 g/mol. The van der Waals surface area contributed by atoms with Gasteiger partial charge in [0, 0.05) is 16.8 Å². The van der Waals surface area contributed by atoms with Crippen molar-refractivity contribution in [3.63, 3.8) is 0 Å². The summed E-state index contributed by atoms with van der Waals surface area (Å²) in [4.78, 5) is 23.0. The highest BCUT2D eigenvalue weighted by Gasteiger charge is 2.05. The fourth-order valence-corrected chi connectivity index (χ4v) is 2.71. The molecule has 3 aromatic carbocycles. The van der Waals surface area contributed by atoms with E-state index in [1.807, 2.05) is 48.5 Å². The highest BCUT2D eigenvalue weighted by Crippen LogP contribution is 2.26. The molecule has 0 radical (unpaired) electrons. The molecular weight excluding hydrogens is 362 g/mol. The average molecular weight is 378 g/mol. The van der Waals surface area contributed by atoms with E-state index in [1.54, 1.807) is 18.2 Å². The molecule has 0 bridgehead atoms. The third kappa shape index (κ3) is 4.84. The van der Waals surface area contributed by atoms with Crippen molar-refractivity contribution in [3.8, 4) is 11.1 Å².